The van der Waals surface area contributed by atoms with Crippen LogP contribution in [0.15, 0.2) is 12.1 Å². The van der Waals surface area contributed by atoms with E-state index in [1.807, 2.05) is 13.0 Å². The van der Waals surface area contributed by atoms with E-state index in [2.05, 4.69) is 11.8 Å². The van der Waals surface area contributed by atoms with E-state index in [1.165, 1.54) is 25.7 Å². The summed E-state index contributed by atoms with van der Waals surface area (Å²) in [5.74, 6) is -0.954. The van der Waals surface area contributed by atoms with E-state index < -0.39 is 5.97 Å². The van der Waals surface area contributed by atoms with Crippen LogP contribution in [0, 0.1) is 6.92 Å². The van der Waals surface area contributed by atoms with Gasteiger partial charge in [0.25, 0.3) is 0 Å². The molecule has 19 heavy (non-hydrogen) atoms. The van der Waals surface area contributed by atoms with Gasteiger partial charge >= 0.3 is 5.97 Å². The van der Waals surface area contributed by atoms with E-state index in [0.717, 1.165) is 17.8 Å². The largest absolute Gasteiger partial charge is 0.478 e. The van der Waals surface area contributed by atoms with Crippen molar-refractivity contribution in [2.24, 2.45) is 0 Å². The molecule has 1 aromatic carbocycles. The summed E-state index contributed by atoms with van der Waals surface area (Å²) in [5, 5.41) is 9.24. The Morgan fingerprint density at radius 1 is 1.42 bits per heavy atom. The number of rotatable bonds is 4. The fourth-order valence-electron chi connectivity index (χ4n) is 2.99. The first-order valence-electron chi connectivity index (χ1n) is 6.94. The predicted octanol–water partition coefficient (Wildman–Crippen LogP) is 3.04. The highest BCUT2D eigenvalue weighted by atomic mass is 16.4. The van der Waals surface area contributed by atoms with Gasteiger partial charge in [-0.05, 0) is 44.4 Å². The fourth-order valence-corrected chi connectivity index (χ4v) is 2.99. The Balaban J connectivity index is 2.40. The van der Waals surface area contributed by atoms with Crippen LogP contribution < -0.4 is 10.6 Å². The van der Waals surface area contributed by atoms with E-state index in [1.54, 1.807) is 6.07 Å². The maximum atomic E-state index is 11.3. The van der Waals surface area contributed by atoms with Gasteiger partial charge in [-0.1, -0.05) is 12.8 Å². The second-order valence-electron chi connectivity index (χ2n) is 5.25. The van der Waals surface area contributed by atoms with Crippen LogP contribution in [-0.2, 0) is 0 Å². The lowest BCUT2D eigenvalue weighted by molar-refractivity contribution is 0.0698. The number of hydrogen-bond acceptors (Lipinski definition) is 3. The average Bonchev–Trinajstić information content (AvgIpc) is 2.87. The Kier molecular flexibility index (Phi) is 3.98. The van der Waals surface area contributed by atoms with Crippen LogP contribution in [0.2, 0.25) is 0 Å². The highest BCUT2D eigenvalue weighted by Gasteiger charge is 2.23. The van der Waals surface area contributed by atoms with Crippen LogP contribution in [0.5, 0.6) is 0 Å². The van der Waals surface area contributed by atoms with Crippen LogP contribution >= 0.6 is 0 Å². The molecule has 4 nitrogen and oxygen atoms in total. The highest BCUT2D eigenvalue weighted by molar-refractivity contribution is 5.95. The number of nitrogens with zero attached hydrogens (tertiary/aromatic N) is 1. The first-order chi connectivity index (χ1) is 9.04. The molecular weight excluding hydrogens is 240 g/mol. The molecule has 1 saturated carbocycles. The van der Waals surface area contributed by atoms with Gasteiger partial charge in [-0.25, -0.2) is 4.79 Å². The molecule has 4 heteroatoms. The number of carboxylic acid groups (broad SMARTS) is 1. The molecule has 0 aliphatic heterocycles. The summed E-state index contributed by atoms with van der Waals surface area (Å²) in [5.41, 5.74) is 8.26. The SMILES string of the molecule is CCN(c1cc(C)c(N)c(C(=O)O)c1)C1CCCC1. The van der Waals surface area contributed by atoms with Gasteiger partial charge in [-0.15, -0.1) is 0 Å². The molecule has 0 aromatic heterocycles. The topological polar surface area (TPSA) is 66.6 Å². The Labute approximate surface area is 114 Å². The molecule has 0 atom stereocenters. The number of aromatic carboxylic acids is 1. The smallest absolute Gasteiger partial charge is 0.337 e. The molecule has 3 N–H and O–H groups in total. The van der Waals surface area contributed by atoms with E-state index in [0.29, 0.717) is 11.7 Å². The quantitative estimate of drug-likeness (QED) is 0.818. The predicted molar refractivity (Wildman–Crippen MR) is 77.8 cm³/mol. The van der Waals surface area contributed by atoms with Crippen LogP contribution in [-0.4, -0.2) is 23.7 Å². The molecular formula is C15H22N2O2. The highest BCUT2D eigenvalue weighted by Crippen LogP contribution is 2.31. The summed E-state index contributed by atoms with van der Waals surface area (Å²) in [4.78, 5) is 13.6. The van der Waals surface area contributed by atoms with Crippen molar-refractivity contribution < 1.29 is 9.90 Å². The van der Waals surface area contributed by atoms with Gasteiger partial charge in [0.15, 0.2) is 0 Å². The molecule has 0 amide bonds. The summed E-state index contributed by atoms with van der Waals surface area (Å²) < 4.78 is 0. The maximum Gasteiger partial charge on any atom is 0.337 e. The van der Waals surface area contributed by atoms with Crippen molar-refractivity contribution >= 4 is 17.3 Å². The number of nitrogens with two attached hydrogens (primary N) is 1. The van der Waals surface area contributed by atoms with Crippen LogP contribution in [0.3, 0.4) is 0 Å². The van der Waals surface area contributed by atoms with Gasteiger partial charge in [0.1, 0.15) is 0 Å². The molecule has 0 saturated heterocycles. The van der Waals surface area contributed by atoms with Crippen molar-refractivity contribution in [3.8, 4) is 0 Å². The Bertz CT molecular complexity index is 479. The van der Waals surface area contributed by atoms with Gasteiger partial charge in [-0.2, -0.15) is 0 Å². The van der Waals surface area contributed by atoms with Crippen molar-refractivity contribution in [2.75, 3.05) is 17.2 Å². The Hall–Kier alpha value is -1.71. The van der Waals surface area contributed by atoms with Crippen molar-refractivity contribution in [1.29, 1.82) is 0 Å². The number of anilines is 2. The van der Waals surface area contributed by atoms with E-state index in [-0.39, 0.29) is 5.56 Å². The molecule has 0 heterocycles. The minimum Gasteiger partial charge on any atom is -0.478 e. The van der Waals surface area contributed by atoms with Gasteiger partial charge in [-0.3, -0.25) is 0 Å². The number of aryl methyl sites for hydroxylation is 1. The van der Waals surface area contributed by atoms with Crippen LogP contribution in [0.4, 0.5) is 11.4 Å². The first-order valence-corrected chi connectivity index (χ1v) is 6.94. The average molecular weight is 262 g/mol. The minimum atomic E-state index is -0.954. The van der Waals surface area contributed by atoms with Gasteiger partial charge in [0.05, 0.1) is 5.56 Å². The van der Waals surface area contributed by atoms with Crippen molar-refractivity contribution in [3.05, 3.63) is 23.3 Å². The number of carbonyl (C=O) groups is 1. The zero-order valence-electron chi connectivity index (χ0n) is 11.6. The Morgan fingerprint density at radius 2 is 2.05 bits per heavy atom. The van der Waals surface area contributed by atoms with Crippen molar-refractivity contribution in [3.63, 3.8) is 0 Å². The van der Waals surface area contributed by atoms with Gasteiger partial charge < -0.3 is 15.7 Å². The lowest BCUT2D eigenvalue weighted by Crippen LogP contribution is -2.33. The molecule has 0 unspecified atom stereocenters. The fraction of sp³-hybridized carbons (Fsp3) is 0.533. The summed E-state index contributed by atoms with van der Waals surface area (Å²) in [6.45, 7) is 4.88. The zero-order valence-corrected chi connectivity index (χ0v) is 11.6. The standard InChI is InChI=1S/C15H22N2O2/c1-3-17(11-6-4-5-7-11)12-8-10(2)14(16)13(9-12)15(18)19/h8-9,11H,3-7,16H2,1-2H3,(H,18,19). The molecule has 1 aliphatic carbocycles. The lowest BCUT2D eigenvalue weighted by Gasteiger charge is -2.30. The summed E-state index contributed by atoms with van der Waals surface area (Å²) in [6, 6.07) is 4.26. The molecule has 1 aliphatic rings. The second-order valence-corrected chi connectivity index (χ2v) is 5.25. The monoisotopic (exact) mass is 262 g/mol. The third-order valence-electron chi connectivity index (χ3n) is 4.04. The molecule has 1 fully saturated rings. The van der Waals surface area contributed by atoms with Crippen LogP contribution in [0.25, 0.3) is 0 Å². The Morgan fingerprint density at radius 3 is 2.58 bits per heavy atom. The first kappa shape index (κ1) is 13.7. The molecule has 0 spiro atoms. The molecule has 104 valence electrons. The van der Waals surface area contributed by atoms with Crippen molar-refractivity contribution in [2.45, 2.75) is 45.6 Å². The molecule has 1 aromatic rings. The van der Waals surface area contributed by atoms with Crippen LogP contribution in [0.1, 0.15) is 48.5 Å². The van der Waals surface area contributed by atoms with Gasteiger partial charge in [0.2, 0.25) is 0 Å². The van der Waals surface area contributed by atoms with E-state index in [4.69, 9.17) is 5.73 Å². The molecule has 0 bridgehead atoms. The molecule has 0 radical (unpaired) electrons. The number of carboxylic acids is 1. The zero-order chi connectivity index (χ0) is 14.0. The van der Waals surface area contributed by atoms with E-state index >= 15 is 0 Å². The summed E-state index contributed by atoms with van der Waals surface area (Å²) in [7, 11) is 0. The minimum absolute atomic E-state index is 0.214. The second kappa shape index (κ2) is 5.51. The number of benzene rings is 1. The third kappa shape index (κ3) is 2.67. The summed E-state index contributed by atoms with van der Waals surface area (Å²) in [6.07, 6.45) is 4.92. The number of hydrogen-bond donors (Lipinski definition) is 2. The third-order valence-corrected chi connectivity index (χ3v) is 4.04. The molecule has 2 rings (SSSR count). The van der Waals surface area contributed by atoms with Crippen molar-refractivity contribution in [1.82, 2.24) is 0 Å². The van der Waals surface area contributed by atoms with Gasteiger partial charge in [0, 0.05) is 24.0 Å². The van der Waals surface area contributed by atoms with E-state index in [9.17, 15) is 9.90 Å². The number of nitrogen functional groups attached to an aromatic ring is 1. The summed E-state index contributed by atoms with van der Waals surface area (Å²) >= 11 is 0. The normalized spacial score (nSPS) is 15.7. The lowest BCUT2D eigenvalue weighted by atomic mass is 10.0. The maximum absolute atomic E-state index is 11.3.